The number of hydrogen-bond acceptors (Lipinski definition) is 2. The van der Waals surface area contributed by atoms with E-state index in [-0.39, 0.29) is 6.10 Å². The average molecular weight is 210 g/mol. The van der Waals surface area contributed by atoms with Gasteiger partial charge in [-0.2, -0.15) is 0 Å². The second kappa shape index (κ2) is 5.42. The molecule has 1 nitrogen and oxygen atoms in total. The zero-order chi connectivity index (χ0) is 10.6. The maximum atomic E-state index is 5.70. The predicted molar refractivity (Wildman–Crippen MR) is 62.9 cm³/mol. The molecule has 2 heteroatoms. The van der Waals surface area contributed by atoms with Gasteiger partial charge in [-0.15, -0.1) is 12.6 Å². The molecule has 0 fully saturated rings. The Balaban J connectivity index is 2.52. The van der Waals surface area contributed by atoms with E-state index >= 15 is 0 Å². The molecular weight excluding hydrogens is 192 g/mol. The lowest BCUT2D eigenvalue weighted by Gasteiger charge is -2.15. The van der Waals surface area contributed by atoms with E-state index in [0.29, 0.717) is 5.92 Å². The van der Waals surface area contributed by atoms with Gasteiger partial charge in [-0.1, -0.05) is 26.0 Å². The van der Waals surface area contributed by atoms with Crippen LogP contribution in [0.5, 0.6) is 0 Å². The van der Waals surface area contributed by atoms with E-state index in [9.17, 15) is 0 Å². The molecule has 14 heavy (non-hydrogen) atoms. The van der Waals surface area contributed by atoms with Crippen LogP contribution in [-0.4, -0.2) is 6.61 Å². The molecule has 0 bridgehead atoms. The molecular formula is C12H18OS. The fourth-order valence-corrected chi connectivity index (χ4v) is 1.33. The van der Waals surface area contributed by atoms with Gasteiger partial charge < -0.3 is 4.74 Å². The zero-order valence-electron chi connectivity index (χ0n) is 9.03. The van der Waals surface area contributed by atoms with Crippen LogP contribution in [0, 0.1) is 5.92 Å². The molecule has 0 radical (unpaired) electrons. The first-order valence-corrected chi connectivity index (χ1v) is 5.45. The fourth-order valence-electron chi connectivity index (χ4n) is 1.18. The van der Waals surface area contributed by atoms with E-state index in [4.69, 9.17) is 4.74 Å². The van der Waals surface area contributed by atoms with E-state index < -0.39 is 0 Å². The Labute approximate surface area is 91.9 Å². The second-order valence-corrected chi connectivity index (χ2v) is 4.48. The van der Waals surface area contributed by atoms with Gasteiger partial charge in [0.1, 0.15) is 0 Å². The van der Waals surface area contributed by atoms with Gasteiger partial charge >= 0.3 is 0 Å². The van der Waals surface area contributed by atoms with Crippen LogP contribution in [0.2, 0.25) is 0 Å². The highest BCUT2D eigenvalue weighted by molar-refractivity contribution is 7.80. The Morgan fingerprint density at radius 3 is 2.21 bits per heavy atom. The third kappa shape index (κ3) is 3.72. The number of rotatable bonds is 4. The standard InChI is InChI=1S/C12H18OS/c1-9(2)8-13-10(3)11-4-6-12(14)7-5-11/h4-7,9-10,14H,8H2,1-3H3/t10-/m1/s1. The average Bonchev–Trinajstić information content (AvgIpc) is 2.15. The predicted octanol–water partition coefficient (Wildman–Crippen LogP) is 3.71. The van der Waals surface area contributed by atoms with Crippen LogP contribution in [0.3, 0.4) is 0 Å². The van der Waals surface area contributed by atoms with Crippen molar-refractivity contribution in [1.29, 1.82) is 0 Å². The molecule has 0 aliphatic heterocycles. The maximum Gasteiger partial charge on any atom is 0.0796 e. The third-order valence-electron chi connectivity index (χ3n) is 2.04. The molecule has 0 amide bonds. The van der Waals surface area contributed by atoms with Crippen molar-refractivity contribution in [2.75, 3.05) is 6.61 Å². The summed E-state index contributed by atoms with van der Waals surface area (Å²) in [6.45, 7) is 7.20. The minimum Gasteiger partial charge on any atom is -0.374 e. The van der Waals surface area contributed by atoms with Crippen LogP contribution >= 0.6 is 12.6 Å². The highest BCUT2D eigenvalue weighted by Crippen LogP contribution is 2.19. The van der Waals surface area contributed by atoms with Crippen LogP contribution < -0.4 is 0 Å². The first kappa shape index (κ1) is 11.6. The van der Waals surface area contributed by atoms with Crippen molar-refractivity contribution >= 4 is 12.6 Å². The molecule has 0 unspecified atom stereocenters. The highest BCUT2D eigenvalue weighted by atomic mass is 32.1. The maximum absolute atomic E-state index is 5.70. The minimum absolute atomic E-state index is 0.173. The van der Waals surface area contributed by atoms with Gasteiger partial charge in [0.15, 0.2) is 0 Å². The molecule has 1 rings (SSSR count). The number of thiol groups is 1. The minimum atomic E-state index is 0.173. The first-order chi connectivity index (χ1) is 6.59. The monoisotopic (exact) mass is 210 g/mol. The Morgan fingerprint density at radius 1 is 1.14 bits per heavy atom. The number of benzene rings is 1. The van der Waals surface area contributed by atoms with E-state index in [1.807, 2.05) is 12.1 Å². The molecule has 0 saturated heterocycles. The fraction of sp³-hybridized carbons (Fsp3) is 0.500. The molecule has 0 aromatic heterocycles. The molecule has 0 aliphatic rings. The third-order valence-corrected chi connectivity index (χ3v) is 2.34. The largest absolute Gasteiger partial charge is 0.374 e. The van der Waals surface area contributed by atoms with Crippen molar-refractivity contribution in [2.45, 2.75) is 31.8 Å². The molecule has 1 aromatic rings. The van der Waals surface area contributed by atoms with Gasteiger partial charge in [0.2, 0.25) is 0 Å². The topological polar surface area (TPSA) is 9.23 Å². The Hall–Kier alpha value is -0.470. The van der Waals surface area contributed by atoms with E-state index in [1.54, 1.807) is 0 Å². The normalized spacial score (nSPS) is 13.2. The van der Waals surface area contributed by atoms with Gasteiger partial charge in [-0.05, 0) is 30.5 Å². The number of ether oxygens (including phenoxy) is 1. The lowest BCUT2D eigenvalue weighted by atomic mass is 10.1. The Morgan fingerprint density at radius 2 is 1.71 bits per heavy atom. The summed E-state index contributed by atoms with van der Waals surface area (Å²) in [5, 5.41) is 0. The summed E-state index contributed by atoms with van der Waals surface area (Å²) in [5.41, 5.74) is 1.21. The summed E-state index contributed by atoms with van der Waals surface area (Å²) in [7, 11) is 0. The van der Waals surface area contributed by atoms with Gasteiger partial charge in [0.25, 0.3) is 0 Å². The van der Waals surface area contributed by atoms with Crippen LogP contribution in [0.25, 0.3) is 0 Å². The molecule has 0 spiro atoms. The van der Waals surface area contributed by atoms with Crippen LogP contribution in [-0.2, 0) is 4.74 Å². The summed E-state index contributed by atoms with van der Waals surface area (Å²) in [6.07, 6.45) is 0.173. The molecule has 0 heterocycles. The summed E-state index contributed by atoms with van der Waals surface area (Å²) in [5.74, 6) is 0.585. The summed E-state index contributed by atoms with van der Waals surface area (Å²) < 4.78 is 5.70. The van der Waals surface area contributed by atoms with E-state index in [2.05, 4.69) is 45.5 Å². The van der Waals surface area contributed by atoms with Crippen LogP contribution in [0.4, 0.5) is 0 Å². The SMILES string of the molecule is CC(C)CO[C@H](C)c1ccc(S)cc1. The zero-order valence-corrected chi connectivity index (χ0v) is 9.92. The van der Waals surface area contributed by atoms with Crippen molar-refractivity contribution < 1.29 is 4.74 Å². The highest BCUT2D eigenvalue weighted by Gasteiger charge is 2.05. The Bertz CT molecular complexity index is 266. The van der Waals surface area contributed by atoms with Gasteiger partial charge in [-0.3, -0.25) is 0 Å². The lowest BCUT2D eigenvalue weighted by Crippen LogP contribution is -2.06. The lowest BCUT2D eigenvalue weighted by molar-refractivity contribution is 0.0469. The van der Waals surface area contributed by atoms with Crippen LogP contribution in [0.15, 0.2) is 29.2 Å². The second-order valence-electron chi connectivity index (χ2n) is 3.96. The molecule has 1 atom stereocenters. The van der Waals surface area contributed by atoms with Crippen molar-refractivity contribution in [2.24, 2.45) is 5.92 Å². The first-order valence-electron chi connectivity index (χ1n) is 5.00. The van der Waals surface area contributed by atoms with Gasteiger partial charge in [0.05, 0.1) is 6.10 Å². The van der Waals surface area contributed by atoms with Crippen molar-refractivity contribution in [3.63, 3.8) is 0 Å². The number of hydrogen-bond donors (Lipinski definition) is 1. The van der Waals surface area contributed by atoms with Crippen molar-refractivity contribution in [3.8, 4) is 0 Å². The molecule has 0 N–H and O–H groups in total. The summed E-state index contributed by atoms with van der Waals surface area (Å²) in [6, 6.07) is 8.11. The van der Waals surface area contributed by atoms with E-state index in [0.717, 1.165) is 11.5 Å². The Kier molecular flexibility index (Phi) is 4.49. The molecule has 0 saturated carbocycles. The molecule has 0 aliphatic carbocycles. The van der Waals surface area contributed by atoms with E-state index in [1.165, 1.54) is 5.56 Å². The smallest absolute Gasteiger partial charge is 0.0796 e. The molecule has 78 valence electrons. The van der Waals surface area contributed by atoms with Gasteiger partial charge in [-0.25, -0.2) is 0 Å². The summed E-state index contributed by atoms with van der Waals surface area (Å²) >= 11 is 4.24. The van der Waals surface area contributed by atoms with Gasteiger partial charge in [0, 0.05) is 11.5 Å². The van der Waals surface area contributed by atoms with Crippen molar-refractivity contribution in [1.82, 2.24) is 0 Å². The molecule has 1 aromatic carbocycles. The van der Waals surface area contributed by atoms with Crippen LogP contribution in [0.1, 0.15) is 32.4 Å². The summed E-state index contributed by atoms with van der Waals surface area (Å²) in [4.78, 5) is 0.991. The van der Waals surface area contributed by atoms with Crippen molar-refractivity contribution in [3.05, 3.63) is 29.8 Å². The quantitative estimate of drug-likeness (QED) is 0.745.